The number of hydrogen-bond donors (Lipinski definition) is 2. The van der Waals surface area contributed by atoms with Crippen molar-refractivity contribution < 1.29 is 14.6 Å². The first-order chi connectivity index (χ1) is 9.84. The Morgan fingerprint density at radius 2 is 2.05 bits per heavy atom. The average molecular weight is 292 g/mol. The van der Waals surface area contributed by atoms with Gasteiger partial charge in [-0.15, -0.1) is 0 Å². The number of carbonyl (C=O) groups excluding carboxylic acids is 1. The van der Waals surface area contributed by atoms with Crippen LogP contribution in [0.3, 0.4) is 0 Å². The standard InChI is InChI=1S/C16H24N2O3/c1-15(2,3)21-14(19)16(20,12-6-9-17-10-7-12)13-5-4-8-18-11-13/h4-5,8,11-12,17,20H,6-7,9-10H2,1-3H3. The van der Waals surface area contributed by atoms with Crippen molar-refractivity contribution in [3.8, 4) is 0 Å². The van der Waals surface area contributed by atoms with Gasteiger partial charge in [-0.3, -0.25) is 4.98 Å². The Balaban J connectivity index is 2.36. The third-order valence-corrected chi connectivity index (χ3v) is 3.74. The van der Waals surface area contributed by atoms with E-state index in [4.69, 9.17) is 4.74 Å². The van der Waals surface area contributed by atoms with Gasteiger partial charge in [0, 0.05) is 23.9 Å². The van der Waals surface area contributed by atoms with Crippen molar-refractivity contribution in [3.63, 3.8) is 0 Å². The normalized spacial score (nSPS) is 19.8. The van der Waals surface area contributed by atoms with Crippen molar-refractivity contribution in [1.29, 1.82) is 0 Å². The van der Waals surface area contributed by atoms with Gasteiger partial charge >= 0.3 is 5.97 Å². The highest BCUT2D eigenvalue weighted by Gasteiger charge is 2.48. The van der Waals surface area contributed by atoms with Gasteiger partial charge in [-0.1, -0.05) is 6.07 Å². The van der Waals surface area contributed by atoms with Crippen LogP contribution in [-0.2, 0) is 15.1 Å². The van der Waals surface area contributed by atoms with Gasteiger partial charge in [0.15, 0.2) is 5.60 Å². The van der Waals surface area contributed by atoms with Crippen LogP contribution in [0.4, 0.5) is 0 Å². The van der Waals surface area contributed by atoms with Gasteiger partial charge in [0.2, 0.25) is 0 Å². The van der Waals surface area contributed by atoms with Crippen molar-refractivity contribution in [2.45, 2.75) is 44.8 Å². The molecule has 116 valence electrons. The molecule has 1 aromatic rings. The molecule has 1 aliphatic rings. The van der Waals surface area contributed by atoms with Crippen LogP contribution in [0.25, 0.3) is 0 Å². The van der Waals surface area contributed by atoms with Gasteiger partial charge in [-0.2, -0.15) is 0 Å². The monoisotopic (exact) mass is 292 g/mol. The van der Waals surface area contributed by atoms with Gasteiger partial charge in [-0.05, 0) is 52.8 Å². The third-order valence-electron chi connectivity index (χ3n) is 3.74. The van der Waals surface area contributed by atoms with Crippen LogP contribution < -0.4 is 5.32 Å². The van der Waals surface area contributed by atoms with Crippen molar-refractivity contribution in [1.82, 2.24) is 10.3 Å². The number of piperidine rings is 1. The topological polar surface area (TPSA) is 71.5 Å². The molecule has 1 fully saturated rings. The summed E-state index contributed by atoms with van der Waals surface area (Å²) in [6, 6.07) is 3.46. The zero-order valence-corrected chi connectivity index (χ0v) is 12.9. The Morgan fingerprint density at radius 3 is 2.57 bits per heavy atom. The first-order valence-electron chi connectivity index (χ1n) is 7.41. The molecular formula is C16H24N2O3. The lowest BCUT2D eigenvalue weighted by atomic mass is 9.76. The number of ether oxygens (including phenoxy) is 1. The highest BCUT2D eigenvalue weighted by Crippen LogP contribution is 2.37. The zero-order chi connectivity index (χ0) is 15.5. The quantitative estimate of drug-likeness (QED) is 0.828. The van der Waals surface area contributed by atoms with E-state index in [0.717, 1.165) is 25.9 Å². The molecule has 0 aliphatic carbocycles. The van der Waals surface area contributed by atoms with Crippen LogP contribution in [0.2, 0.25) is 0 Å². The minimum Gasteiger partial charge on any atom is -0.458 e. The first kappa shape index (κ1) is 15.9. The molecule has 1 atom stereocenters. The molecule has 2 heterocycles. The highest BCUT2D eigenvalue weighted by atomic mass is 16.6. The molecule has 1 aromatic heterocycles. The number of esters is 1. The molecule has 1 aliphatic heterocycles. The van der Waals surface area contributed by atoms with Gasteiger partial charge < -0.3 is 15.2 Å². The molecule has 0 amide bonds. The summed E-state index contributed by atoms with van der Waals surface area (Å²) in [4.78, 5) is 16.7. The Labute approximate surface area is 125 Å². The fourth-order valence-corrected chi connectivity index (χ4v) is 2.70. The van der Waals surface area contributed by atoms with E-state index in [-0.39, 0.29) is 5.92 Å². The lowest BCUT2D eigenvalue weighted by Gasteiger charge is -2.38. The number of pyridine rings is 1. The van der Waals surface area contributed by atoms with E-state index in [0.29, 0.717) is 5.56 Å². The molecule has 0 aromatic carbocycles. The fourth-order valence-electron chi connectivity index (χ4n) is 2.70. The van der Waals surface area contributed by atoms with Crippen LogP contribution in [0.5, 0.6) is 0 Å². The van der Waals surface area contributed by atoms with E-state index < -0.39 is 17.2 Å². The second-order valence-corrected chi connectivity index (χ2v) is 6.53. The maximum Gasteiger partial charge on any atom is 0.343 e. The summed E-state index contributed by atoms with van der Waals surface area (Å²) in [5.41, 5.74) is -1.77. The molecular weight excluding hydrogens is 268 g/mol. The SMILES string of the molecule is CC(C)(C)OC(=O)C(O)(c1cccnc1)C1CCNCC1. The van der Waals surface area contributed by atoms with Crippen LogP contribution in [0, 0.1) is 5.92 Å². The molecule has 5 heteroatoms. The number of nitrogens with one attached hydrogen (secondary N) is 1. The van der Waals surface area contributed by atoms with E-state index in [1.807, 2.05) is 0 Å². The predicted molar refractivity (Wildman–Crippen MR) is 79.6 cm³/mol. The number of rotatable bonds is 3. The molecule has 0 saturated carbocycles. The average Bonchev–Trinajstić information content (AvgIpc) is 2.46. The molecule has 1 saturated heterocycles. The molecule has 21 heavy (non-hydrogen) atoms. The lowest BCUT2D eigenvalue weighted by Crippen LogP contribution is -2.49. The molecule has 2 N–H and O–H groups in total. The van der Waals surface area contributed by atoms with Gasteiger partial charge in [0.05, 0.1) is 0 Å². The van der Waals surface area contributed by atoms with Crippen molar-refractivity contribution >= 4 is 5.97 Å². The second kappa shape index (κ2) is 6.12. The van der Waals surface area contributed by atoms with Crippen LogP contribution >= 0.6 is 0 Å². The largest absolute Gasteiger partial charge is 0.458 e. The van der Waals surface area contributed by atoms with E-state index in [1.165, 1.54) is 0 Å². The van der Waals surface area contributed by atoms with Gasteiger partial charge in [0.1, 0.15) is 5.60 Å². The lowest BCUT2D eigenvalue weighted by molar-refractivity contribution is -0.186. The minimum absolute atomic E-state index is 0.169. The van der Waals surface area contributed by atoms with E-state index in [9.17, 15) is 9.90 Å². The summed E-state index contributed by atoms with van der Waals surface area (Å²) >= 11 is 0. The van der Waals surface area contributed by atoms with Gasteiger partial charge in [0.25, 0.3) is 0 Å². The van der Waals surface area contributed by atoms with Crippen molar-refractivity contribution in [2.75, 3.05) is 13.1 Å². The molecule has 2 rings (SSSR count). The second-order valence-electron chi connectivity index (χ2n) is 6.53. The summed E-state index contributed by atoms with van der Waals surface area (Å²) < 4.78 is 5.47. The predicted octanol–water partition coefficient (Wildman–Crippen LogP) is 1.61. The van der Waals surface area contributed by atoms with E-state index >= 15 is 0 Å². The third kappa shape index (κ3) is 3.60. The Kier molecular flexibility index (Phi) is 4.64. The smallest absolute Gasteiger partial charge is 0.343 e. The van der Waals surface area contributed by atoms with E-state index in [2.05, 4.69) is 10.3 Å². The zero-order valence-electron chi connectivity index (χ0n) is 12.9. The summed E-state index contributed by atoms with van der Waals surface area (Å²) in [7, 11) is 0. The highest BCUT2D eigenvalue weighted by molar-refractivity contribution is 5.81. The number of aliphatic hydroxyl groups is 1. The van der Waals surface area contributed by atoms with Crippen LogP contribution in [0.15, 0.2) is 24.5 Å². The Hall–Kier alpha value is -1.46. The minimum atomic E-state index is -1.64. The number of hydrogen-bond acceptors (Lipinski definition) is 5. The summed E-state index contributed by atoms with van der Waals surface area (Å²) in [5.74, 6) is -0.757. The van der Waals surface area contributed by atoms with Gasteiger partial charge in [-0.25, -0.2) is 4.79 Å². The molecule has 5 nitrogen and oxygen atoms in total. The molecule has 0 radical (unpaired) electrons. The van der Waals surface area contributed by atoms with Crippen LogP contribution in [-0.4, -0.2) is 34.8 Å². The van der Waals surface area contributed by atoms with Crippen molar-refractivity contribution in [3.05, 3.63) is 30.1 Å². The van der Waals surface area contributed by atoms with Crippen molar-refractivity contribution in [2.24, 2.45) is 5.92 Å². The first-order valence-corrected chi connectivity index (χ1v) is 7.41. The number of nitrogens with zero attached hydrogens (tertiary/aromatic N) is 1. The number of carbonyl (C=O) groups is 1. The molecule has 1 unspecified atom stereocenters. The summed E-state index contributed by atoms with van der Waals surface area (Å²) in [5, 5.41) is 14.4. The van der Waals surface area contributed by atoms with E-state index in [1.54, 1.807) is 45.3 Å². The fraction of sp³-hybridized carbons (Fsp3) is 0.625. The number of aromatic nitrogens is 1. The molecule has 0 spiro atoms. The summed E-state index contributed by atoms with van der Waals surface area (Å²) in [6.07, 6.45) is 4.63. The summed E-state index contributed by atoms with van der Waals surface area (Å²) in [6.45, 7) is 6.98. The Bertz CT molecular complexity index is 478. The molecule has 0 bridgehead atoms. The van der Waals surface area contributed by atoms with Crippen LogP contribution in [0.1, 0.15) is 39.2 Å². The maximum absolute atomic E-state index is 12.7. The Morgan fingerprint density at radius 1 is 1.38 bits per heavy atom. The maximum atomic E-state index is 12.7.